The van der Waals surface area contributed by atoms with E-state index in [4.69, 9.17) is 16.0 Å². The molecule has 0 radical (unpaired) electrons. The second-order valence-electron chi connectivity index (χ2n) is 6.46. The molecule has 0 unspecified atom stereocenters. The number of anilines is 1. The maximum absolute atomic E-state index is 12.8. The Morgan fingerprint density at radius 1 is 1.00 bits per heavy atom. The van der Waals surface area contributed by atoms with Gasteiger partial charge in [0.05, 0.1) is 21.4 Å². The highest BCUT2D eigenvalue weighted by Crippen LogP contribution is 2.26. The van der Waals surface area contributed by atoms with Crippen molar-refractivity contribution in [3.63, 3.8) is 0 Å². The van der Waals surface area contributed by atoms with Crippen molar-refractivity contribution >= 4 is 45.1 Å². The summed E-state index contributed by atoms with van der Waals surface area (Å²) >= 11 is 6.08. The summed E-state index contributed by atoms with van der Waals surface area (Å²) in [5.41, 5.74) is 3.80. The first kappa shape index (κ1) is 17.3. The van der Waals surface area contributed by atoms with Gasteiger partial charge in [-0.25, -0.2) is 0 Å². The third kappa shape index (κ3) is 2.98. The summed E-state index contributed by atoms with van der Waals surface area (Å²) in [5.74, 6) is -0.324. The molecule has 5 heteroatoms. The molecule has 27 heavy (non-hydrogen) atoms. The lowest BCUT2D eigenvalue weighted by molar-refractivity contribution is 0.102. The van der Waals surface area contributed by atoms with Crippen molar-refractivity contribution in [3.8, 4) is 0 Å². The van der Waals surface area contributed by atoms with E-state index in [0.717, 1.165) is 11.1 Å². The van der Waals surface area contributed by atoms with E-state index >= 15 is 0 Å². The third-order valence-corrected chi connectivity index (χ3v) is 5.07. The highest BCUT2D eigenvalue weighted by atomic mass is 35.5. The van der Waals surface area contributed by atoms with Crippen molar-refractivity contribution < 1.29 is 9.21 Å². The van der Waals surface area contributed by atoms with Gasteiger partial charge in [0.15, 0.2) is 0 Å². The van der Waals surface area contributed by atoms with Gasteiger partial charge in [0, 0.05) is 11.8 Å². The first-order valence-electron chi connectivity index (χ1n) is 8.48. The minimum absolute atomic E-state index is 0.0849. The van der Waals surface area contributed by atoms with Crippen LogP contribution < -0.4 is 10.7 Å². The topological polar surface area (TPSA) is 59.3 Å². The molecular weight excluding hydrogens is 362 g/mol. The second-order valence-corrected chi connectivity index (χ2v) is 6.87. The standard InChI is InChI=1S/C22H16ClNO3/c1-12-7-9-17-20(25)16-10-8-14(11-19(16)27-21(17)13(12)2)24-22(26)15-5-3-4-6-18(15)23/h3-11H,1-2H3,(H,24,26). The molecular formula is C22H16ClNO3. The van der Waals surface area contributed by atoms with Crippen molar-refractivity contribution in [2.45, 2.75) is 13.8 Å². The first-order chi connectivity index (χ1) is 13.0. The van der Waals surface area contributed by atoms with Gasteiger partial charge in [-0.2, -0.15) is 0 Å². The first-order valence-corrected chi connectivity index (χ1v) is 8.86. The number of halogens is 1. The molecule has 134 valence electrons. The van der Waals surface area contributed by atoms with Gasteiger partial charge in [0.25, 0.3) is 5.91 Å². The number of aryl methyl sites for hydroxylation is 2. The van der Waals surface area contributed by atoms with Crippen LogP contribution in [-0.4, -0.2) is 5.91 Å². The fourth-order valence-electron chi connectivity index (χ4n) is 3.07. The number of carbonyl (C=O) groups excluding carboxylic acids is 1. The number of nitrogens with one attached hydrogen (secondary N) is 1. The molecule has 0 bridgehead atoms. The van der Waals surface area contributed by atoms with Crippen LogP contribution in [-0.2, 0) is 0 Å². The third-order valence-electron chi connectivity index (χ3n) is 4.74. The van der Waals surface area contributed by atoms with Crippen LogP contribution in [0.3, 0.4) is 0 Å². The number of benzene rings is 3. The minimum atomic E-state index is -0.324. The molecule has 0 saturated heterocycles. The van der Waals surface area contributed by atoms with Gasteiger partial charge in [-0.3, -0.25) is 9.59 Å². The number of amides is 1. The van der Waals surface area contributed by atoms with Gasteiger partial charge in [0.1, 0.15) is 11.2 Å². The smallest absolute Gasteiger partial charge is 0.257 e. The molecule has 1 N–H and O–H groups in total. The Bertz CT molecular complexity index is 1270. The average Bonchev–Trinajstić information content (AvgIpc) is 2.65. The zero-order valence-corrected chi connectivity index (χ0v) is 15.6. The van der Waals surface area contributed by atoms with Crippen LogP contribution in [0.15, 0.2) is 63.8 Å². The average molecular weight is 378 g/mol. The minimum Gasteiger partial charge on any atom is -0.455 e. The lowest BCUT2D eigenvalue weighted by Gasteiger charge is -2.09. The Labute approximate surface area is 160 Å². The quantitative estimate of drug-likeness (QED) is 0.471. The zero-order valence-electron chi connectivity index (χ0n) is 14.8. The number of hydrogen-bond donors (Lipinski definition) is 1. The summed E-state index contributed by atoms with van der Waals surface area (Å²) in [5, 5.41) is 4.20. The lowest BCUT2D eigenvalue weighted by atomic mass is 10.0. The van der Waals surface area contributed by atoms with E-state index in [1.165, 1.54) is 0 Å². The summed E-state index contributed by atoms with van der Waals surface area (Å²) < 4.78 is 6.01. The Morgan fingerprint density at radius 3 is 2.52 bits per heavy atom. The van der Waals surface area contributed by atoms with Gasteiger partial charge >= 0.3 is 0 Å². The van der Waals surface area contributed by atoms with Gasteiger partial charge < -0.3 is 9.73 Å². The fraction of sp³-hybridized carbons (Fsp3) is 0.0909. The van der Waals surface area contributed by atoms with E-state index in [-0.39, 0.29) is 11.3 Å². The molecule has 0 aliphatic heterocycles. The molecule has 3 aromatic carbocycles. The highest BCUT2D eigenvalue weighted by molar-refractivity contribution is 6.34. The molecule has 4 nitrogen and oxygen atoms in total. The Balaban J connectivity index is 1.81. The van der Waals surface area contributed by atoms with Crippen LogP contribution in [0.5, 0.6) is 0 Å². The largest absolute Gasteiger partial charge is 0.455 e. The zero-order chi connectivity index (χ0) is 19.1. The summed E-state index contributed by atoms with van der Waals surface area (Å²) in [6, 6.07) is 15.5. The summed E-state index contributed by atoms with van der Waals surface area (Å²) in [7, 11) is 0. The van der Waals surface area contributed by atoms with Crippen LogP contribution >= 0.6 is 11.6 Å². The van der Waals surface area contributed by atoms with Gasteiger partial charge in [0.2, 0.25) is 5.43 Å². The number of hydrogen-bond acceptors (Lipinski definition) is 3. The summed E-state index contributed by atoms with van der Waals surface area (Å²) in [6.07, 6.45) is 0. The molecule has 4 aromatic rings. The van der Waals surface area contributed by atoms with E-state index in [1.54, 1.807) is 48.5 Å². The molecule has 1 aromatic heterocycles. The maximum atomic E-state index is 12.8. The monoisotopic (exact) mass is 377 g/mol. The van der Waals surface area contributed by atoms with Crippen molar-refractivity contribution in [2.24, 2.45) is 0 Å². The van der Waals surface area contributed by atoms with Crippen molar-refractivity contribution in [3.05, 3.63) is 86.5 Å². The normalized spacial score (nSPS) is 11.1. The lowest BCUT2D eigenvalue weighted by Crippen LogP contribution is -2.12. The van der Waals surface area contributed by atoms with Crippen LogP contribution in [0.4, 0.5) is 5.69 Å². The van der Waals surface area contributed by atoms with Crippen molar-refractivity contribution in [1.29, 1.82) is 0 Å². The maximum Gasteiger partial charge on any atom is 0.257 e. The van der Waals surface area contributed by atoms with E-state index in [2.05, 4.69) is 5.32 Å². The van der Waals surface area contributed by atoms with Crippen LogP contribution in [0.1, 0.15) is 21.5 Å². The molecule has 4 rings (SSSR count). The molecule has 1 amide bonds. The molecule has 0 saturated carbocycles. The Morgan fingerprint density at radius 2 is 1.74 bits per heavy atom. The van der Waals surface area contributed by atoms with Crippen LogP contribution in [0.2, 0.25) is 5.02 Å². The molecule has 0 spiro atoms. The fourth-order valence-corrected chi connectivity index (χ4v) is 3.29. The predicted molar refractivity (Wildman–Crippen MR) is 109 cm³/mol. The summed E-state index contributed by atoms with van der Waals surface area (Å²) in [6.45, 7) is 3.90. The van der Waals surface area contributed by atoms with E-state index in [1.807, 2.05) is 19.9 Å². The van der Waals surface area contributed by atoms with Crippen molar-refractivity contribution in [1.82, 2.24) is 0 Å². The van der Waals surface area contributed by atoms with Crippen molar-refractivity contribution in [2.75, 3.05) is 5.32 Å². The SMILES string of the molecule is Cc1ccc2c(=O)c3ccc(NC(=O)c4ccccc4Cl)cc3oc2c1C. The molecule has 0 aliphatic carbocycles. The van der Waals surface area contributed by atoms with Crippen LogP contribution in [0.25, 0.3) is 21.9 Å². The number of carbonyl (C=O) groups is 1. The van der Waals surface area contributed by atoms with E-state index < -0.39 is 0 Å². The molecule has 0 aliphatic rings. The molecule has 1 heterocycles. The predicted octanol–water partition coefficient (Wildman–Crippen LogP) is 5.47. The molecule has 0 atom stereocenters. The van der Waals surface area contributed by atoms with E-state index in [0.29, 0.717) is 38.2 Å². The van der Waals surface area contributed by atoms with Gasteiger partial charge in [-0.05, 0) is 55.3 Å². The van der Waals surface area contributed by atoms with Gasteiger partial charge in [-0.15, -0.1) is 0 Å². The van der Waals surface area contributed by atoms with Crippen LogP contribution in [0, 0.1) is 13.8 Å². The second kappa shape index (κ2) is 6.56. The van der Waals surface area contributed by atoms with E-state index in [9.17, 15) is 9.59 Å². The Hall–Kier alpha value is -3.11. The summed E-state index contributed by atoms with van der Waals surface area (Å²) in [4.78, 5) is 25.2. The molecule has 0 fully saturated rings. The highest BCUT2D eigenvalue weighted by Gasteiger charge is 2.13. The van der Waals surface area contributed by atoms with Gasteiger partial charge in [-0.1, -0.05) is 29.8 Å². The number of rotatable bonds is 2. The Kier molecular flexibility index (Phi) is 4.21. The number of fused-ring (bicyclic) bond motifs is 2.